The molecule has 3 aromatic rings. The molecule has 3 rings (SSSR count). The largest absolute Gasteiger partial charge is 0.392 e. The highest BCUT2D eigenvalue weighted by molar-refractivity contribution is 5.83. The number of aromatic nitrogens is 1. The highest BCUT2D eigenvalue weighted by Gasteiger charge is 2.05. The average molecular weight is 267 g/mol. The molecule has 3 heteroatoms. The van der Waals surface area contributed by atoms with Crippen LogP contribution in [0.5, 0.6) is 0 Å². The molecule has 0 unspecified atom stereocenters. The lowest BCUT2D eigenvalue weighted by Gasteiger charge is -2.07. The Bertz CT molecular complexity index is 713. The smallest absolute Gasteiger partial charge is 0.0688 e. The van der Waals surface area contributed by atoms with Crippen LogP contribution in [0.3, 0.4) is 0 Å². The molecular formula is C17H17NO2. The second kappa shape index (κ2) is 5.49. The van der Waals surface area contributed by atoms with E-state index in [1.54, 1.807) is 0 Å². The van der Waals surface area contributed by atoms with Crippen molar-refractivity contribution in [2.24, 2.45) is 0 Å². The number of aliphatic hydroxyl groups excluding tert-OH is 2. The van der Waals surface area contributed by atoms with Crippen LogP contribution in [0.1, 0.15) is 16.7 Å². The summed E-state index contributed by atoms with van der Waals surface area (Å²) in [6.45, 7) is 0.920. The van der Waals surface area contributed by atoms with Crippen molar-refractivity contribution in [2.75, 3.05) is 0 Å². The molecule has 0 radical (unpaired) electrons. The predicted molar refractivity (Wildman–Crippen MR) is 79.3 cm³/mol. The van der Waals surface area contributed by atoms with Crippen LogP contribution in [0.15, 0.2) is 54.7 Å². The molecule has 0 saturated heterocycles. The summed E-state index contributed by atoms with van der Waals surface area (Å²) in [5, 5.41) is 19.5. The Morgan fingerprint density at radius 2 is 1.55 bits per heavy atom. The molecule has 0 aliphatic heterocycles. The van der Waals surface area contributed by atoms with E-state index in [9.17, 15) is 5.11 Å². The van der Waals surface area contributed by atoms with E-state index in [2.05, 4.69) is 10.6 Å². The van der Waals surface area contributed by atoms with Gasteiger partial charge in [0.15, 0.2) is 0 Å². The van der Waals surface area contributed by atoms with E-state index in [1.165, 1.54) is 5.56 Å². The second-order valence-electron chi connectivity index (χ2n) is 4.93. The van der Waals surface area contributed by atoms with Gasteiger partial charge in [0.1, 0.15) is 0 Å². The van der Waals surface area contributed by atoms with E-state index in [1.807, 2.05) is 48.7 Å². The molecule has 0 aliphatic carbocycles. The third kappa shape index (κ3) is 2.33. The van der Waals surface area contributed by atoms with Gasteiger partial charge in [0.25, 0.3) is 0 Å². The van der Waals surface area contributed by atoms with Crippen LogP contribution < -0.4 is 0 Å². The van der Waals surface area contributed by atoms with Crippen LogP contribution in [0.25, 0.3) is 10.9 Å². The van der Waals surface area contributed by atoms with Crippen LogP contribution in [0.2, 0.25) is 0 Å². The van der Waals surface area contributed by atoms with E-state index in [4.69, 9.17) is 5.11 Å². The molecule has 0 saturated carbocycles. The summed E-state index contributed by atoms with van der Waals surface area (Å²) in [4.78, 5) is 0. The van der Waals surface area contributed by atoms with Crippen molar-refractivity contribution in [3.05, 3.63) is 71.4 Å². The van der Waals surface area contributed by atoms with Crippen molar-refractivity contribution in [1.82, 2.24) is 4.57 Å². The summed E-state index contributed by atoms with van der Waals surface area (Å²) in [6.07, 6.45) is 2.05. The Balaban J connectivity index is 1.94. The number of hydrogen-bond acceptors (Lipinski definition) is 2. The SMILES string of the molecule is OCc1ccc(Cn2ccc3c(CO)cccc32)cc1. The van der Waals surface area contributed by atoms with E-state index in [0.29, 0.717) is 0 Å². The van der Waals surface area contributed by atoms with Gasteiger partial charge in [-0.1, -0.05) is 36.4 Å². The van der Waals surface area contributed by atoms with Gasteiger partial charge in [0, 0.05) is 23.6 Å². The van der Waals surface area contributed by atoms with E-state index >= 15 is 0 Å². The van der Waals surface area contributed by atoms with Crippen molar-refractivity contribution >= 4 is 10.9 Å². The first-order valence-corrected chi connectivity index (χ1v) is 6.68. The van der Waals surface area contributed by atoms with Gasteiger partial charge in [-0.15, -0.1) is 0 Å². The molecule has 1 aromatic heterocycles. The number of fused-ring (bicyclic) bond motifs is 1. The van der Waals surface area contributed by atoms with Crippen LogP contribution in [-0.4, -0.2) is 14.8 Å². The van der Waals surface area contributed by atoms with Crippen molar-refractivity contribution in [1.29, 1.82) is 0 Å². The quantitative estimate of drug-likeness (QED) is 0.763. The van der Waals surface area contributed by atoms with Crippen LogP contribution in [0.4, 0.5) is 0 Å². The molecule has 0 fully saturated rings. The minimum atomic E-state index is 0.0621. The minimum absolute atomic E-state index is 0.0621. The molecule has 102 valence electrons. The van der Waals surface area contributed by atoms with Crippen molar-refractivity contribution in [3.8, 4) is 0 Å². The van der Waals surface area contributed by atoms with Gasteiger partial charge in [-0.05, 0) is 28.8 Å². The number of benzene rings is 2. The number of nitrogens with zero attached hydrogens (tertiary/aromatic N) is 1. The van der Waals surface area contributed by atoms with Gasteiger partial charge in [0.05, 0.1) is 13.2 Å². The summed E-state index contributed by atoms with van der Waals surface area (Å²) in [7, 11) is 0. The van der Waals surface area contributed by atoms with Gasteiger partial charge in [0.2, 0.25) is 0 Å². The lowest BCUT2D eigenvalue weighted by molar-refractivity contribution is 0.282. The molecule has 20 heavy (non-hydrogen) atoms. The zero-order chi connectivity index (χ0) is 13.9. The molecule has 0 amide bonds. The summed E-state index contributed by atoms with van der Waals surface area (Å²) >= 11 is 0. The molecule has 2 aromatic carbocycles. The Morgan fingerprint density at radius 3 is 2.25 bits per heavy atom. The minimum Gasteiger partial charge on any atom is -0.392 e. The van der Waals surface area contributed by atoms with Crippen LogP contribution >= 0.6 is 0 Å². The number of hydrogen-bond donors (Lipinski definition) is 2. The maximum Gasteiger partial charge on any atom is 0.0688 e. The number of aliphatic hydroxyl groups is 2. The normalized spacial score (nSPS) is 11.1. The molecule has 0 aliphatic rings. The standard InChI is InChI=1S/C17H17NO2/c19-11-14-6-4-13(5-7-14)10-18-9-8-16-15(12-20)2-1-3-17(16)18/h1-9,19-20H,10-12H2. The summed E-state index contributed by atoms with van der Waals surface area (Å²) in [5.74, 6) is 0. The van der Waals surface area contributed by atoms with Gasteiger partial charge < -0.3 is 14.8 Å². The molecule has 0 spiro atoms. The van der Waals surface area contributed by atoms with Crippen molar-refractivity contribution < 1.29 is 10.2 Å². The first kappa shape index (κ1) is 12.9. The van der Waals surface area contributed by atoms with Crippen LogP contribution in [0, 0.1) is 0 Å². The first-order valence-electron chi connectivity index (χ1n) is 6.68. The van der Waals surface area contributed by atoms with Crippen molar-refractivity contribution in [2.45, 2.75) is 19.8 Å². The first-order chi connectivity index (χ1) is 9.81. The monoisotopic (exact) mass is 267 g/mol. The maximum absolute atomic E-state index is 9.36. The summed E-state index contributed by atoms with van der Waals surface area (Å²) < 4.78 is 2.17. The van der Waals surface area contributed by atoms with Gasteiger partial charge in [-0.2, -0.15) is 0 Å². The third-order valence-electron chi connectivity index (χ3n) is 3.63. The van der Waals surface area contributed by atoms with Crippen LogP contribution in [-0.2, 0) is 19.8 Å². The fraction of sp³-hybridized carbons (Fsp3) is 0.176. The zero-order valence-corrected chi connectivity index (χ0v) is 11.2. The Labute approximate surface area is 117 Å². The summed E-state index contributed by atoms with van der Waals surface area (Å²) in [6, 6.07) is 16.0. The lowest BCUT2D eigenvalue weighted by atomic mass is 10.1. The molecular weight excluding hydrogens is 250 g/mol. The van der Waals surface area contributed by atoms with Crippen molar-refractivity contribution in [3.63, 3.8) is 0 Å². The fourth-order valence-electron chi connectivity index (χ4n) is 2.51. The highest BCUT2D eigenvalue weighted by Crippen LogP contribution is 2.21. The summed E-state index contributed by atoms with van der Waals surface area (Å²) in [5.41, 5.74) is 4.20. The van der Waals surface area contributed by atoms with Gasteiger partial charge in [-0.25, -0.2) is 0 Å². The molecule has 1 heterocycles. The third-order valence-corrected chi connectivity index (χ3v) is 3.63. The Kier molecular flexibility index (Phi) is 3.54. The zero-order valence-electron chi connectivity index (χ0n) is 11.2. The second-order valence-corrected chi connectivity index (χ2v) is 4.93. The molecule has 2 N–H and O–H groups in total. The van der Waals surface area contributed by atoms with E-state index < -0.39 is 0 Å². The Morgan fingerprint density at radius 1 is 0.800 bits per heavy atom. The van der Waals surface area contributed by atoms with E-state index in [0.717, 1.165) is 28.6 Å². The van der Waals surface area contributed by atoms with Gasteiger partial charge in [-0.3, -0.25) is 0 Å². The van der Waals surface area contributed by atoms with Gasteiger partial charge >= 0.3 is 0 Å². The Hall–Kier alpha value is -2.10. The average Bonchev–Trinajstić information content (AvgIpc) is 2.91. The van der Waals surface area contributed by atoms with E-state index in [-0.39, 0.29) is 13.2 Å². The topological polar surface area (TPSA) is 45.4 Å². The maximum atomic E-state index is 9.36. The number of rotatable bonds is 4. The molecule has 0 bridgehead atoms. The fourth-order valence-corrected chi connectivity index (χ4v) is 2.51. The lowest BCUT2D eigenvalue weighted by Crippen LogP contribution is -1.98. The molecule has 3 nitrogen and oxygen atoms in total. The molecule has 0 atom stereocenters. The predicted octanol–water partition coefficient (Wildman–Crippen LogP) is 2.67. The highest BCUT2D eigenvalue weighted by atomic mass is 16.3.